The number of benzene rings is 1. The van der Waals surface area contributed by atoms with E-state index in [0.29, 0.717) is 6.04 Å². The molecule has 1 heterocycles. The molecule has 128 valence electrons. The standard InChI is InChI=1S/C18H26ClN3.H3P/c1-4-22(5-2)12-6-7-14(3)21-17-10-11-20-18-13-15(19)8-9-16(17)18;/h8-11,13-14H,4-7,12H2,1-3H3,(H,20,21);1H3. The maximum absolute atomic E-state index is 6.04. The Kier molecular flexibility index (Phi) is 8.83. The van der Waals surface area contributed by atoms with Gasteiger partial charge in [-0.1, -0.05) is 25.4 Å². The molecule has 0 amide bonds. The van der Waals surface area contributed by atoms with Gasteiger partial charge >= 0.3 is 0 Å². The summed E-state index contributed by atoms with van der Waals surface area (Å²) in [6.45, 7) is 10.1. The summed E-state index contributed by atoms with van der Waals surface area (Å²) < 4.78 is 0. The van der Waals surface area contributed by atoms with Gasteiger partial charge in [-0.15, -0.1) is 0 Å². The fourth-order valence-corrected chi connectivity index (χ4v) is 2.91. The third-order valence-corrected chi connectivity index (χ3v) is 4.35. The number of halogens is 1. The first-order valence-electron chi connectivity index (χ1n) is 8.17. The van der Waals surface area contributed by atoms with Gasteiger partial charge in [-0.25, -0.2) is 0 Å². The number of anilines is 1. The van der Waals surface area contributed by atoms with Crippen molar-refractivity contribution in [3.8, 4) is 0 Å². The molecule has 0 bridgehead atoms. The lowest BCUT2D eigenvalue weighted by Gasteiger charge is -2.20. The summed E-state index contributed by atoms with van der Waals surface area (Å²) in [5.41, 5.74) is 2.07. The van der Waals surface area contributed by atoms with Crippen LogP contribution in [0.4, 0.5) is 5.69 Å². The summed E-state index contributed by atoms with van der Waals surface area (Å²) in [7, 11) is 0. The second-order valence-corrected chi connectivity index (χ2v) is 6.17. The Morgan fingerprint density at radius 2 is 1.96 bits per heavy atom. The first-order valence-corrected chi connectivity index (χ1v) is 8.55. The van der Waals surface area contributed by atoms with Crippen molar-refractivity contribution in [3.63, 3.8) is 0 Å². The van der Waals surface area contributed by atoms with E-state index in [1.54, 1.807) is 0 Å². The molecule has 0 saturated heterocycles. The van der Waals surface area contributed by atoms with Crippen LogP contribution in [-0.4, -0.2) is 35.6 Å². The van der Waals surface area contributed by atoms with Crippen molar-refractivity contribution in [1.29, 1.82) is 0 Å². The van der Waals surface area contributed by atoms with Gasteiger partial charge in [0.25, 0.3) is 0 Å². The summed E-state index contributed by atoms with van der Waals surface area (Å²) in [6, 6.07) is 8.35. The molecule has 0 spiro atoms. The zero-order chi connectivity index (χ0) is 15.9. The summed E-state index contributed by atoms with van der Waals surface area (Å²) in [6.07, 6.45) is 4.21. The second kappa shape index (κ2) is 10.1. The zero-order valence-electron chi connectivity index (χ0n) is 14.5. The predicted molar refractivity (Wildman–Crippen MR) is 108 cm³/mol. The highest BCUT2D eigenvalue weighted by Crippen LogP contribution is 2.25. The lowest BCUT2D eigenvalue weighted by molar-refractivity contribution is 0.295. The van der Waals surface area contributed by atoms with Crippen molar-refractivity contribution < 1.29 is 0 Å². The van der Waals surface area contributed by atoms with Crippen LogP contribution in [0.15, 0.2) is 30.5 Å². The highest BCUT2D eigenvalue weighted by molar-refractivity contribution is 6.92. The number of nitrogens with zero attached hydrogens (tertiary/aromatic N) is 2. The summed E-state index contributed by atoms with van der Waals surface area (Å²) >= 11 is 6.04. The molecule has 5 heteroatoms. The molecule has 1 N–H and O–H groups in total. The summed E-state index contributed by atoms with van der Waals surface area (Å²) in [5, 5.41) is 5.47. The molecule has 1 aromatic heterocycles. The van der Waals surface area contributed by atoms with E-state index >= 15 is 0 Å². The number of pyridine rings is 1. The lowest BCUT2D eigenvalue weighted by Crippen LogP contribution is -2.25. The van der Waals surface area contributed by atoms with Crippen LogP contribution in [0.5, 0.6) is 0 Å². The molecule has 2 rings (SSSR count). The monoisotopic (exact) mass is 353 g/mol. The van der Waals surface area contributed by atoms with Crippen LogP contribution in [0.1, 0.15) is 33.6 Å². The number of nitrogens with one attached hydrogen (secondary N) is 1. The molecule has 2 unspecified atom stereocenters. The van der Waals surface area contributed by atoms with Gasteiger partial charge in [-0.05, 0) is 63.7 Å². The highest BCUT2D eigenvalue weighted by atomic mass is 35.5. The van der Waals surface area contributed by atoms with E-state index in [1.165, 1.54) is 13.0 Å². The first-order chi connectivity index (χ1) is 10.6. The van der Waals surface area contributed by atoms with E-state index in [2.05, 4.69) is 36.0 Å². The lowest BCUT2D eigenvalue weighted by atomic mass is 10.1. The van der Waals surface area contributed by atoms with Crippen LogP contribution in [0.3, 0.4) is 0 Å². The van der Waals surface area contributed by atoms with Gasteiger partial charge in [0.15, 0.2) is 0 Å². The van der Waals surface area contributed by atoms with Gasteiger partial charge in [0.05, 0.1) is 5.52 Å². The average Bonchev–Trinajstić information content (AvgIpc) is 2.51. The maximum Gasteiger partial charge on any atom is 0.0737 e. The second-order valence-electron chi connectivity index (χ2n) is 5.73. The van der Waals surface area contributed by atoms with Crippen LogP contribution < -0.4 is 5.32 Å². The smallest absolute Gasteiger partial charge is 0.0737 e. The number of hydrogen-bond acceptors (Lipinski definition) is 3. The molecule has 0 radical (unpaired) electrons. The third-order valence-electron chi connectivity index (χ3n) is 4.11. The average molecular weight is 354 g/mol. The SMILES string of the molecule is CCN(CC)CCCC(C)Nc1ccnc2cc(Cl)ccc12.P. The molecule has 23 heavy (non-hydrogen) atoms. The van der Waals surface area contributed by atoms with Crippen LogP contribution in [0.25, 0.3) is 10.9 Å². The van der Waals surface area contributed by atoms with Crippen molar-refractivity contribution in [3.05, 3.63) is 35.5 Å². The number of hydrogen-bond donors (Lipinski definition) is 1. The van der Waals surface area contributed by atoms with Gasteiger partial charge in [-0.3, -0.25) is 4.98 Å². The van der Waals surface area contributed by atoms with Gasteiger partial charge in [0.2, 0.25) is 0 Å². The Morgan fingerprint density at radius 3 is 2.65 bits per heavy atom. The maximum atomic E-state index is 6.04. The third kappa shape index (κ3) is 5.91. The molecule has 0 aliphatic heterocycles. The molecule has 0 aliphatic carbocycles. The molecular formula is C18H29ClN3P. The molecule has 0 aliphatic rings. The normalized spacial score (nSPS) is 12.2. The molecule has 1 aromatic carbocycles. The minimum Gasteiger partial charge on any atom is -0.382 e. The molecule has 0 saturated carbocycles. The fraction of sp³-hybridized carbons (Fsp3) is 0.500. The van der Waals surface area contributed by atoms with Gasteiger partial charge in [0.1, 0.15) is 0 Å². The largest absolute Gasteiger partial charge is 0.382 e. The Bertz CT molecular complexity index is 602. The topological polar surface area (TPSA) is 28.2 Å². The molecule has 3 nitrogen and oxygen atoms in total. The van der Waals surface area contributed by atoms with Crippen molar-refractivity contribution in [2.45, 2.75) is 39.7 Å². The molecule has 0 fully saturated rings. The fourth-order valence-electron chi connectivity index (χ4n) is 2.75. The van der Waals surface area contributed by atoms with Crippen LogP contribution in [0, 0.1) is 0 Å². The van der Waals surface area contributed by atoms with Crippen molar-refractivity contribution in [2.24, 2.45) is 0 Å². The van der Waals surface area contributed by atoms with E-state index < -0.39 is 0 Å². The highest BCUT2D eigenvalue weighted by Gasteiger charge is 2.07. The van der Waals surface area contributed by atoms with Crippen LogP contribution >= 0.6 is 21.5 Å². The number of rotatable bonds is 8. The van der Waals surface area contributed by atoms with E-state index in [0.717, 1.165) is 41.1 Å². The quantitative estimate of drug-likeness (QED) is 0.686. The van der Waals surface area contributed by atoms with Gasteiger partial charge in [0, 0.05) is 28.3 Å². The summed E-state index contributed by atoms with van der Waals surface area (Å²) in [4.78, 5) is 6.86. The summed E-state index contributed by atoms with van der Waals surface area (Å²) in [5.74, 6) is 0. The number of aromatic nitrogens is 1. The Morgan fingerprint density at radius 1 is 1.22 bits per heavy atom. The van der Waals surface area contributed by atoms with E-state index in [1.807, 2.05) is 30.5 Å². The Hall–Kier alpha value is -0.890. The minimum absolute atomic E-state index is 0. The Balaban J connectivity index is 0.00000264. The van der Waals surface area contributed by atoms with Crippen LogP contribution in [-0.2, 0) is 0 Å². The van der Waals surface area contributed by atoms with Crippen molar-refractivity contribution in [1.82, 2.24) is 9.88 Å². The van der Waals surface area contributed by atoms with E-state index in [-0.39, 0.29) is 9.90 Å². The van der Waals surface area contributed by atoms with Crippen molar-refractivity contribution >= 4 is 38.1 Å². The first kappa shape index (κ1) is 20.2. The van der Waals surface area contributed by atoms with E-state index in [9.17, 15) is 0 Å². The molecule has 2 aromatic rings. The predicted octanol–water partition coefficient (Wildman–Crippen LogP) is 4.87. The number of fused-ring (bicyclic) bond motifs is 1. The van der Waals surface area contributed by atoms with Gasteiger partial charge < -0.3 is 10.2 Å². The van der Waals surface area contributed by atoms with E-state index in [4.69, 9.17) is 11.6 Å². The molecule has 2 atom stereocenters. The van der Waals surface area contributed by atoms with Gasteiger partial charge in [-0.2, -0.15) is 9.90 Å². The zero-order valence-corrected chi connectivity index (χ0v) is 16.6. The minimum atomic E-state index is 0. The Labute approximate surface area is 148 Å². The molecular weight excluding hydrogens is 325 g/mol. The van der Waals surface area contributed by atoms with Crippen molar-refractivity contribution in [2.75, 3.05) is 25.0 Å². The van der Waals surface area contributed by atoms with Crippen LogP contribution in [0.2, 0.25) is 5.02 Å².